The zero-order chi connectivity index (χ0) is 9.47. The Morgan fingerprint density at radius 3 is 2.54 bits per heavy atom. The fourth-order valence-corrected chi connectivity index (χ4v) is 2.40. The molecule has 0 aromatic heterocycles. The highest BCUT2D eigenvalue weighted by Gasteiger charge is 2.49. The van der Waals surface area contributed by atoms with Crippen molar-refractivity contribution in [3.63, 3.8) is 0 Å². The van der Waals surface area contributed by atoms with Crippen LogP contribution < -0.4 is 5.73 Å². The summed E-state index contributed by atoms with van der Waals surface area (Å²) in [7, 11) is 0. The molecule has 0 radical (unpaired) electrons. The van der Waals surface area contributed by atoms with E-state index in [9.17, 15) is 0 Å². The van der Waals surface area contributed by atoms with Crippen LogP contribution in [0.1, 0.15) is 33.1 Å². The normalized spacial score (nSPS) is 29.8. The number of hydrogen-bond donors (Lipinski definition) is 1. The van der Waals surface area contributed by atoms with Gasteiger partial charge < -0.3 is 5.73 Å². The van der Waals surface area contributed by atoms with E-state index in [2.05, 4.69) is 18.7 Å². The first-order valence-corrected chi connectivity index (χ1v) is 5.65. The predicted molar refractivity (Wildman–Crippen MR) is 55.5 cm³/mol. The first-order chi connectivity index (χ1) is 6.14. The van der Waals surface area contributed by atoms with Crippen molar-refractivity contribution >= 4 is 0 Å². The minimum Gasteiger partial charge on any atom is -0.323 e. The van der Waals surface area contributed by atoms with Gasteiger partial charge in [-0.3, -0.25) is 4.90 Å². The van der Waals surface area contributed by atoms with Crippen LogP contribution in [0.2, 0.25) is 0 Å². The molecule has 0 amide bonds. The number of rotatable bonds is 4. The Hall–Kier alpha value is -0.0800. The zero-order valence-electron chi connectivity index (χ0n) is 8.92. The van der Waals surface area contributed by atoms with Gasteiger partial charge in [0.2, 0.25) is 0 Å². The molecule has 2 fully saturated rings. The van der Waals surface area contributed by atoms with Gasteiger partial charge in [0.1, 0.15) is 0 Å². The molecule has 0 aromatic carbocycles. The topological polar surface area (TPSA) is 29.3 Å². The van der Waals surface area contributed by atoms with Crippen LogP contribution in [-0.2, 0) is 0 Å². The zero-order valence-corrected chi connectivity index (χ0v) is 8.92. The van der Waals surface area contributed by atoms with Gasteiger partial charge in [-0.25, -0.2) is 0 Å². The summed E-state index contributed by atoms with van der Waals surface area (Å²) in [4.78, 5) is 2.52. The molecule has 0 bridgehead atoms. The Balaban J connectivity index is 1.71. The second-order valence-corrected chi connectivity index (χ2v) is 5.19. The maximum Gasteiger partial charge on any atom is 0.0440 e. The number of hydrogen-bond acceptors (Lipinski definition) is 2. The summed E-state index contributed by atoms with van der Waals surface area (Å²) in [6.07, 6.45) is 4.05. The summed E-state index contributed by atoms with van der Waals surface area (Å²) in [5.41, 5.74) is 6.49. The van der Waals surface area contributed by atoms with Gasteiger partial charge in [0.05, 0.1) is 0 Å². The second-order valence-electron chi connectivity index (χ2n) is 5.19. The third kappa shape index (κ3) is 1.89. The van der Waals surface area contributed by atoms with Gasteiger partial charge in [0.25, 0.3) is 0 Å². The lowest BCUT2D eigenvalue weighted by Gasteiger charge is -2.49. The molecule has 13 heavy (non-hydrogen) atoms. The van der Waals surface area contributed by atoms with Gasteiger partial charge >= 0.3 is 0 Å². The number of likely N-dealkylation sites (tertiary alicyclic amines) is 1. The molecule has 1 unspecified atom stereocenters. The maximum absolute atomic E-state index is 6.27. The summed E-state index contributed by atoms with van der Waals surface area (Å²) in [5, 5.41) is 0. The highest BCUT2D eigenvalue weighted by Crippen LogP contribution is 2.43. The number of nitrogens with two attached hydrogens (primary N) is 1. The molecular weight excluding hydrogens is 160 g/mol. The van der Waals surface area contributed by atoms with E-state index in [0.29, 0.717) is 0 Å². The summed E-state index contributed by atoms with van der Waals surface area (Å²) in [6, 6.07) is 0. The molecule has 2 N–H and O–H groups in total. The van der Waals surface area contributed by atoms with E-state index < -0.39 is 0 Å². The van der Waals surface area contributed by atoms with Gasteiger partial charge in [0, 0.05) is 25.2 Å². The van der Waals surface area contributed by atoms with E-state index in [1.54, 1.807) is 0 Å². The molecule has 1 heterocycles. The summed E-state index contributed by atoms with van der Waals surface area (Å²) in [5.74, 6) is 1.70. The average Bonchev–Trinajstić information content (AvgIpc) is 2.83. The molecule has 1 aliphatic heterocycles. The van der Waals surface area contributed by atoms with Crippen LogP contribution in [0.15, 0.2) is 0 Å². The molecule has 2 rings (SSSR count). The van der Waals surface area contributed by atoms with Crippen LogP contribution in [0.5, 0.6) is 0 Å². The molecule has 0 spiro atoms. The fourth-order valence-electron chi connectivity index (χ4n) is 2.40. The van der Waals surface area contributed by atoms with Crippen molar-refractivity contribution in [2.45, 2.75) is 38.6 Å². The summed E-state index contributed by atoms with van der Waals surface area (Å²) < 4.78 is 0. The van der Waals surface area contributed by atoms with E-state index in [0.717, 1.165) is 24.9 Å². The Labute approximate surface area is 81.5 Å². The second kappa shape index (κ2) is 3.25. The first kappa shape index (κ1) is 9.47. The molecule has 1 atom stereocenters. The molecule has 2 heteroatoms. The van der Waals surface area contributed by atoms with Crippen molar-refractivity contribution in [3.05, 3.63) is 0 Å². The van der Waals surface area contributed by atoms with Crippen LogP contribution in [0.4, 0.5) is 0 Å². The van der Waals surface area contributed by atoms with Crippen LogP contribution in [0.25, 0.3) is 0 Å². The van der Waals surface area contributed by atoms with Crippen molar-refractivity contribution in [2.75, 3.05) is 19.6 Å². The largest absolute Gasteiger partial charge is 0.323 e. The van der Waals surface area contributed by atoms with Crippen molar-refractivity contribution < 1.29 is 0 Å². The SMILES string of the molecule is CCC(C)CN1CC(N)(C2CC2)C1. The van der Waals surface area contributed by atoms with Gasteiger partial charge in [-0.2, -0.15) is 0 Å². The lowest BCUT2D eigenvalue weighted by atomic mass is 9.85. The standard InChI is InChI=1S/C11H22N2/c1-3-9(2)6-13-7-11(12,8-13)10-4-5-10/h9-10H,3-8,12H2,1-2H3. The quantitative estimate of drug-likeness (QED) is 0.713. The molecule has 1 saturated heterocycles. The molecule has 2 aliphatic rings. The molecule has 0 aromatic rings. The van der Waals surface area contributed by atoms with Crippen molar-refractivity contribution in [1.82, 2.24) is 4.90 Å². The van der Waals surface area contributed by atoms with Gasteiger partial charge in [-0.1, -0.05) is 20.3 Å². The smallest absolute Gasteiger partial charge is 0.0440 e. The summed E-state index contributed by atoms with van der Waals surface area (Å²) in [6.45, 7) is 8.15. The molecule has 76 valence electrons. The highest BCUT2D eigenvalue weighted by molar-refractivity contribution is 5.08. The highest BCUT2D eigenvalue weighted by atomic mass is 15.3. The Bertz CT molecular complexity index is 181. The molecule has 1 aliphatic carbocycles. The van der Waals surface area contributed by atoms with Crippen LogP contribution >= 0.6 is 0 Å². The van der Waals surface area contributed by atoms with Crippen LogP contribution in [0, 0.1) is 11.8 Å². The molecule has 1 saturated carbocycles. The Morgan fingerprint density at radius 2 is 2.08 bits per heavy atom. The van der Waals surface area contributed by atoms with E-state index in [1.165, 1.54) is 25.8 Å². The number of nitrogens with zero attached hydrogens (tertiary/aromatic N) is 1. The Kier molecular flexibility index (Phi) is 2.37. The lowest BCUT2D eigenvalue weighted by Crippen LogP contribution is -2.69. The van der Waals surface area contributed by atoms with Gasteiger partial charge in [-0.05, 0) is 24.7 Å². The maximum atomic E-state index is 6.27. The third-order valence-corrected chi connectivity index (χ3v) is 3.69. The van der Waals surface area contributed by atoms with Crippen LogP contribution in [0.3, 0.4) is 0 Å². The third-order valence-electron chi connectivity index (χ3n) is 3.69. The minimum atomic E-state index is 0.216. The van der Waals surface area contributed by atoms with Gasteiger partial charge in [0.15, 0.2) is 0 Å². The van der Waals surface area contributed by atoms with E-state index >= 15 is 0 Å². The van der Waals surface area contributed by atoms with E-state index in [4.69, 9.17) is 5.73 Å². The lowest BCUT2D eigenvalue weighted by molar-refractivity contribution is 0.0424. The monoisotopic (exact) mass is 182 g/mol. The van der Waals surface area contributed by atoms with Crippen molar-refractivity contribution in [2.24, 2.45) is 17.6 Å². The van der Waals surface area contributed by atoms with Crippen molar-refractivity contribution in [3.8, 4) is 0 Å². The van der Waals surface area contributed by atoms with Crippen LogP contribution in [-0.4, -0.2) is 30.1 Å². The summed E-state index contributed by atoms with van der Waals surface area (Å²) >= 11 is 0. The average molecular weight is 182 g/mol. The van der Waals surface area contributed by atoms with Crippen molar-refractivity contribution in [1.29, 1.82) is 0 Å². The predicted octanol–water partition coefficient (Wildman–Crippen LogP) is 1.46. The molecule has 2 nitrogen and oxygen atoms in total. The first-order valence-electron chi connectivity index (χ1n) is 5.65. The van der Waals surface area contributed by atoms with E-state index in [-0.39, 0.29) is 5.54 Å². The Morgan fingerprint density at radius 1 is 1.46 bits per heavy atom. The fraction of sp³-hybridized carbons (Fsp3) is 1.00. The van der Waals surface area contributed by atoms with Gasteiger partial charge in [-0.15, -0.1) is 0 Å². The van der Waals surface area contributed by atoms with E-state index in [1.807, 2.05) is 0 Å². The molecular formula is C11H22N2. The minimum absolute atomic E-state index is 0.216.